The van der Waals surface area contributed by atoms with Crippen LogP contribution in [0.25, 0.3) is 43.1 Å². The van der Waals surface area contributed by atoms with Crippen LogP contribution < -0.4 is 63.9 Å². The predicted molar refractivity (Wildman–Crippen MR) is 478 cm³/mol. The number of thiocarbonyl (C=S) groups is 3. The highest BCUT2D eigenvalue weighted by Crippen LogP contribution is 2.50. The van der Waals surface area contributed by atoms with Gasteiger partial charge in [0.15, 0.2) is 4.32 Å². The average molecular weight is 1730 g/mol. The normalized spacial score (nSPS) is 18.9. The number of benzene rings is 5. The van der Waals surface area contributed by atoms with E-state index < -0.39 is 10.1 Å². The summed E-state index contributed by atoms with van der Waals surface area (Å²) in [6.45, 7) is 23.4. The number of nitrogens with zero attached hydrogens (tertiary/aromatic N) is 9. The second-order valence-corrected chi connectivity index (χ2v) is 38.5. The van der Waals surface area contributed by atoms with Crippen molar-refractivity contribution in [2.75, 3.05) is 59.1 Å². The Hall–Kier alpha value is -7.05. The van der Waals surface area contributed by atoms with E-state index in [1.807, 2.05) is 119 Å². The lowest BCUT2D eigenvalue weighted by Crippen LogP contribution is -2.33. The van der Waals surface area contributed by atoms with E-state index in [9.17, 15) is 41.7 Å². The molecule has 0 spiro atoms. The molecule has 3 saturated heterocycles. The number of amides is 3. The number of halogens is 1. The summed E-state index contributed by atoms with van der Waals surface area (Å²) in [6.07, 6.45) is 10.3. The second kappa shape index (κ2) is 35.1. The van der Waals surface area contributed by atoms with E-state index in [1.165, 1.54) is 101 Å². The minimum Gasteiger partial charge on any atom is -0.335 e. The van der Waals surface area contributed by atoms with Crippen molar-refractivity contribution in [1.29, 1.82) is 0 Å². The van der Waals surface area contributed by atoms with E-state index in [4.69, 9.17) is 48.3 Å². The minimum atomic E-state index is -4.04. The first kappa shape index (κ1) is 82.4. The van der Waals surface area contributed by atoms with Crippen molar-refractivity contribution in [2.45, 2.75) is 103 Å². The van der Waals surface area contributed by atoms with Gasteiger partial charge in [0.25, 0.3) is 44.5 Å². The number of thioether (sulfide) groups is 6. The SMILES string of the molecule is C=CCn1c(=O)/c(=C/C=C2\Sc3ccc(-c4ccccc4)cc3N2CCCCS(=O)(=O)O)s/c1=C1\SC(=S)N(C)C1=O.CCN1/C(=C\C(C)=c2\s/c(=C3\SC(=S)N(C)C3=O)n(CC)c2=O)Sc2ccc(Cl)cc21.CCN1/C(=C\C(C)=c2\s/c(=C3\SC(=S)N(c4ccccc4)C3=O)n(CC)c2=O)Sc2cc(C)c(C)cc21. The van der Waals surface area contributed by atoms with Gasteiger partial charge >= 0.3 is 0 Å². The number of para-hydroxylation sites is 1. The fourth-order valence-corrected chi connectivity index (χ4v) is 24.3. The van der Waals surface area contributed by atoms with E-state index in [2.05, 4.69) is 85.4 Å². The molecular formula is C78H74ClN9O9S13. The highest BCUT2D eigenvalue weighted by atomic mass is 35.5. The van der Waals surface area contributed by atoms with Gasteiger partial charge in [-0.25, -0.2) is 0 Å². The van der Waals surface area contributed by atoms with Gasteiger partial charge in [-0.05, 0) is 181 Å². The maximum atomic E-state index is 13.5. The average Bonchev–Trinajstić information content (AvgIpc) is 1.63. The molecule has 6 aliphatic rings. The monoisotopic (exact) mass is 1730 g/mol. The largest absolute Gasteiger partial charge is 0.335 e. The molecule has 0 radical (unpaired) electrons. The van der Waals surface area contributed by atoms with Crippen LogP contribution in [0.5, 0.6) is 0 Å². The molecule has 6 aliphatic heterocycles. The summed E-state index contributed by atoms with van der Waals surface area (Å²) in [5.74, 6) is -0.875. The number of fused-ring (bicyclic) bond motifs is 3. The second-order valence-electron chi connectivity index (χ2n) is 25.4. The molecule has 0 atom stereocenters. The van der Waals surface area contributed by atoms with Gasteiger partial charge in [-0.3, -0.25) is 61.7 Å². The van der Waals surface area contributed by atoms with Crippen LogP contribution >= 0.6 is 153 Å². The van der Waals surface area contributed by atoms with Crippen molar-refractivity contribution in [2.24, 2.45) is 0 Å². The molecule has 1 N–H and O–H groups in total. The van der Waals surface area contributed by atoms with Gasteiger partial charge in [-0.15, -0.1) is 40.6 Å². The number of unbranched alkanes of at least 4 members (excludes halogenated alkanes) is 1. The molecule has 0 unspecified atom stereocenters. The zero-order chi connectivity index (χ0) is 78.9. The highest BCUT2D eigenvalue weighted by Gasteiger charge is 2.37. The number of thiazole rings is 3. The summed E-state index contributed by atoms with van der Waals surface area (Å²) in [6, 6.07) is 36.0. The summed E-state index contributed by atoms with van der Waals surface area (Å²) in [7, 11) is -0.756. The number of rotatable bonds is 16. The molecule has 18 nitrogen and oxygen atoms in total. The Morgan fingerprint density at radius 2 is 1.01 bits per heavy atom. The van der Waals surface area contributed by atoms with Crippen molar-refractivity contribution in [3.8, 4) is 11.1 Å². The van der Waals surface area contributed by atoms with Gasteiger partial charge in [-0.2, -0.15) is 8.42 Å². The van der Waals surface area contributed by atoms with Crippen molar-refractivity contribution >= 4 is 248 Å². The quantitative estimate of drug-likeness (QED) is 0.0415. The lowest BCUT2D eigenvalue weighted by molar-refractivity contribution is -0.120. The molecule has 3 fully saturated rings. The maximum Gasteiger partial charge on any atom is 0.273 e. The smallest absolute Gasteiger partial charge is 0.273 e. The third-order valence-electron chi connectivity index (χ3n) is 18.2. The lowest BCUT2D eigenvalue weighted by atomic mass is 10.0. The standard InChI is InChI=1S/C29H27N3O5S5.C28H27N3O2S4.C21H20ClN3O2S4/c1-3-15-32-26(33)23(40-28(32)25-27(34)30(2)29(38)41-25)13-14-24-31(16-7-8-17-42(35,36)37)21-18-20(11-12-22(21)39-24)19-9-5-4-6-10-19;1-6-29-20-13-16(3)17(4)14-21(20)35-22(29)15-18(5)23-25(32)30(7-2)27(36-23)24-26(33)31(28(34)37-24)19-11-9-8-10-12-19;1-5-24-13-10-12(22)7-8-14(13)29-15(24)9-11(3)16-19(27)25(6-2)20(30-16)17-18(26)23(4)21(28)31-17/h3-6,9-14,18H,1,7-8,15-17H2,2H3,(H,35,36,37);8-15H,6-7H2,1-5H3;7-10H,5-6H2,1-4H3/b23-13-,24-14-,28-25-;22-15+,23-18+,27-24-;15-9+,16-11+,20-17-. The van der Waals surface area contributed by atoms with Crippen LogP contribution in [0.2, 0.25) is 5.02 Å². The first-order chi connectivity index (χ1) is 52.6. The molecular weight excluding hydrogens is 1660 g/mol. The molecule has 0 bridgehead atoms. The van der Waals surface area contributed by atoms with Crippen molar-refractivity contribution in [1.82, 2.24) is 23.5 Å². The van der Waals surface area contributed by atoms with Crippen LogP contribution in [0, 0.1) is 13.8 Å². The summed E-state index contributed by atoms with van der Waals surface area (Å²) >= 11 is 35.0. The Morgan fingerprint density at radius 3 is 1.54 bits per heavy atom. The van der Waals surface area contributed by atoms with Crippen molar-refractivity contribution in [3.05, 3.63) is 230 Å². The van der Waals surface area contributed by atoms with E-state index in [1.54, 1.807) is 80.1 Å². The van der Waals surface area contributed by atoms with Gasteiger partial charge in [0.2, 0.25) is 0 Å². The molecule has 0 aliphatic carbocycles. The van der Waals surface area contributed by atoms with Crippen LogP contribution in [0.1, 0.15) is 65.5 Å². The first-order valence-electron chi connectivity index (χ1n) is 34.7. The summed E-state index contributed by atoms with van der Waals surface area (Å²) in [4.78, 5) is 94.9. The number of anilines is 4. The van der Waals surface area contributed by atoms with Crippen molar-refractivity contribution < 1.29 is 27.4 Å². The number of carbonyl (C=O) groups is 3. The molecule has 0 saturated carbocycles. The number of aromatic nitrogens is 3. The number of carbonyl (C=O) groups excluding carboxylic acids is 3. The van der Waals surface area contributed by atoms with E-state index >= 15 is 0 Å². The number of allylic oxidation sites excluding steroid dienone is 4. The third-order valence-corrected chi connectivity index (χ3v) is 31.2. The van der Waals surface area contributed by atoms with E-state index in [0.717, 1.165) is 77.3 Å². The number of aryl methyl sites for hydroxylation is 2. The fourth-order valence-electron chi connectivity index (χ4n) is 12.4. The highest BCUT2D eigenvalue weighted by molar-refractivity contribution is 8.31. The zero-order valence-electron chi connectivity index (χ0n) is 61.3. The third kappa shape index (κ3) is 17.1. The van der Waals surface area contributed by atoms with Crippen LogP contribution in [0.4, 0.5) is 22.7 Å². The molecule has 8 aromatic rings. The molecule has 3 amide bonds. The zero-order valence-corrected chi connectivity index (χ0v) is 72.6. The Labute approximate surface area is 695 Å². The Bertz CT molecular complexity index is 6020. The predicted octanol–water partition coefficient (Wildman–Crippen LogP) is 13.5. The first-order valence-corrected chi connectivity index (χ1v) is 45.3. The summed E-state index contributed by atoms with van der Waals surface area (Å²) in [5, 5.41) is 3.74. The topological polar surface area (TPSA) is 191 Å². The molecule has 3 aromatic heterocycles. The van der Waals surface area contributed by atoms with Gasteiger partial charge in [0.1, 0.15) is 37.3 Å². The molecule has 5 aromatic carbocycles. The molecule has 32 heteroatoms. The van der Waals surface area contributed by atoms with Crippen LogP contribution in [-0.2, 0) is 44.1 Å². The molecule has 9 heterocycles. The van der Waals surface area contributed by atoms with Gasteiger partial charge < -0.3 is 14.7 Å². The fraction of sp³-hybridized carbons (Fsp3) is 0.244. The van der Waals surface area contributed by atoms with E-state index in [0.29, 0.717) is 92.8 Å². The van der Waals surface area contributed by atoms with Gasteiger partial charge in [0, 0.05) is 73.1 Å². The Morgan fingerprint density at radius 1 is 0.518 bits per heavy atom. The summed E-state index contributed by atoms with van der Waals surface area (Å²) < 4.78 is 41.6. The number of hydrogen-bond donors (Lipinski definition) is 1. The molecule has 110 heavy (non-hydrogen) atoms. The van der Waals surface area contributed by atoms with Crippen molar-refractivity contribution in [3.63, 3.8) is 0 Å². The molecule has 570 valence electrons. The lowest BCUT2D eigenvalue weighted by Gasteiger charge is -2.20. The van der Waals surface area contributed by atoms with Crippen LogP contribution in [-0.4, -0.2) is 107 Å². The van der Waals surface area contributed by atoms with Gasteiger partial charge in [0.05, 0.1) is 57.2 Å². The van der Waals surface area contributed by atoms with Crippen LogP contribution in [0.15, 0.2) is 184 Å². The van der Waals surface area contributed by atoms with E-state index in [-0.39, 0.29) is 46.7 Å². The van der Waals surface area contributed by atoms with Crippen LogP contribution in [0.3, 0.4) is 0 Å². The Kier molecular flexibility index (Phi) is 26.3. The number of hydrogen-bond acceptors (Lipinski definition) is 23. The molecule has 14 rings (SSSR count). The minimum absolute atomic E-state index is 0.0722. The summed E-state index contributed by atoms with van der Waals surface area (Å²) in [5.41, 5.74) is 10.1. The van der Waals surface area contributed by atoms with Gasteiger partial charge in [-0.1, -0.05) is 179 Å². The Balaban J connectivity index is 0.000000155. The maximum absolute atomic E-state index is 13.5.